The van der Waals surface area contributed by atoms with Gasteiger partial charge >= 0.3 is 0 Å². The first kappa shape index (κ1) is 24.9. The van der Waals surface area contributed by atoms with Crippen molar-refractivity contribution in [2.24, 2.45) is 0 Å². The van der Waals surface area contributed by atoms with E-state index in [2.05, 4.69) is 98.6 Å². The number of unbranched alkanes of at least 4 members (excludes halogenated alkanes) is 3. The number of nitrogens with zero attached hydrogens (tertiary/aromatic N) is 6. The van der Waals surface area contributed by atoms with Gasteiger partial charge in [-0.1, -0.05) is 73.5 Å². The van der Waals surface area contributed by atoms with E-state index in [1.54, 1.807) is 11.0 Å². The third kappa shape index (κ3) is 6.33. The Morgan fingerprint density at radius 3 is 2.19 bits per heavy atom. The van der Waals surface area contributed by atoms with Gasteiger partial charge < -0.3 is 4.90 Å². The lowest BCUT2D eigenvalue weighted by atomic mass is 9.96. The van der Waals surface area contributed by atoms with Crippen LogP contribution in [0.25, 0.3) is 5.65 Å². The first-order valence-electron chi connectivity index (χ1n) is 13.1. The summed E-state index contributed by atoms with van der Waals surface area (Å²) in [6, 6.07) is 24.3. The molecule has 0 bridgehead atoms. The Kier molecular flexibility index (Phi) is 8.64. The predicted molar refractivity (Wildman–Crippen MR) is 147 cm³/mol. The highest BCUT2D eigenvalue weighted by Crippen LogP contribution is 2.29. The lowest BCUT2D eigenvalue weighted by Crippen LogP contribution is -2.48. The molecular weight excluding hydrogens is 464 g/mol. The highest BCUT2D eigenvalue weighted by Gasteiger charge is 2.26. The van der Waals surface area contributed by atoms with Crippen molar-refractivity contribution in [3.63, 3.8) is 0 Å². The van der Waals surface area contributed by atoms with Crippen LogP contribution in [0.2, 0.25) is 0 Å². The molecule has 1 saturated heterocycles. The van der Waals surface area contributed by atoms with Crippen LogP contribution in [0.3, 0.4) is 0 Å². The molecule has 0 amide bonds. The van der Waals surface area contributed by atoms with E-state index < -0.39 is 0 Å². The van der Waals surface area contributed by atoms with Crippen molar-refractivity contribution >= 4 is 17.4 Å². The van der Waals surface area contributed by atoms with E-state index in [0.29, 0.717) is 6.04 Å². The third-order valence-electron chi connectivity index (χ3n) is 7.03. The minimum absolute atomic E-state index is 0.343. The smallest absolute Gasteiger partial charge is 0.176 e. The number of aryl methyl sites for hydroxylation is 1. The van der Waals surface area contributed by atoms with Gasteiger partial charge in [-0.25, -0.2) is 4.98 Å². The number of benzene rings is 2. The van der Waals surface area contributed by atoms with Crippen LogP contribution < -0.4 is 0 Å². The standard InChI is InChI=1S/C29H36N6S/c1-24-22-27-30-23-31-35(27)32-29(24)36-21-11-3-2-10-16-33-17-19-34(20-18-33)28(25-12-6-4-7-13-25)26-14-8-5-9-15-26/h4-9,12-15,22-23,28H,2-3,10-11,16-21H2,1H3. The number of aromatic nitrogens is 4. The molecule has 188 valence electrons. The van der Waals surface area contributed by atoms with E-state index >= 15 is 0 Å². The van der Waals surface area contributed by atoms with Crippen molar-refractivity contribution in [1.82, 2.24) is 29.6 Å². The summed E-state index contributed by atoms with van der Waals surface area (Å²) >= 11 is 1.83. The number of hydrogen-bond donors (Lipinski definition) is 0. The van der Waals surface area contributed by atoms with Crippen molar-refractivity contribution in [2.45, 2.75) is 43.7 Å². The molecule has 1 aliphatic heterocycles. The van der Waals surface area contributed by atoms with Crippen LogP contribution in [0.5, 0.6) is 0 Å². The molecule has 4 aromatic rings. The topological polar surface area (TPSA) is 49.6 Å². The van der Waals surface area contributed by atoms with Gasteiger partial charge in [0.25, 0.3) is 0 Å². The first-order valence-corrected chi connectivity index (χ1v) is 14.1. The van der Waals surface area contributed by atoms with E-state index in [9.17, 15) is 0 Å². The largest absolute Gasteiger partial charge is 0.301 e. The van der Waals surface area contributed by atoms with E-state index in [1.807, 2.05) is 11.8 Å². The normalized spacial score (nSPS) is 15.2. The summed E-state index contributed by atoms with van der Waals surface area (Å²) in [7, 11) is 0. The van der Waals surface area contributed by atoms with Gasteiger partial charge in [0.2, 0.25) is 0 Å². The first-order chi connectivity index (χ1) is 17.8. The van der Waals surface area contributed by atoms with Crippen LogP contribution in [-0.2, 0) is 0 Å². The Bertz CT molecular complexity index is 1160. The van der Waals surface area contributed by atoms with Crippen molar-refractivity contribution in [3.8, 4) is 0 Å². The number of hydrogen-bond acceptors (Lipinski definition) is 6. The van der Waals surface area contributed by atoms with Gasteiger partial charge in [-0.05, 0) is 54.8 Å². The van der Waals surface area contributed by atoms with Crippen LogP contribution in [0, 0.1) is 6.92 Å². The van der Waals surface area contributed by atoms with Gasteiger partial charge in [-0.2, -0.15) is 0 Å². The molecule has 0 radical (unpaired) electrons. The summed E-state index contributed by atoms with van der Waals surface area (Å²) in [5, 5.41) is 9.80. The SMILES string of the molecule is Cc1cc2ncnn2nc1SCCCCCCN1CCN(C(c2ccccc2)c2ccccc2)CC1. The zero-order chi connectivity index (χ0) is 24.6. The second-order valence-corrected chi connectivity index (χ2v) is 10.7. The van der Waals surface area contributed by atoms with Crippen molar-refractivity contribution in [3.05, 3.63) is 89.7 Å². The highest BCUT2D eigenvalue weighted by molar-refractivity contribution is 7.99. The van der Waals surface area contributed by atoms with Crippen molar-refractivity contribution in [1.29, 1.82) is 0 Å². The molecule has 0 N–H and O–H groups in total. The minimum Gasteiger partial charge on any atom is -0.301 e. The van der Waals surface area contributed by atoms with E-state index in [0.717, 1.165) is 42.6 Å². The summed E-state index contributed by atoms with van der Waals surface area (Å²) < 4.78 is 1.62. The van der Waals surface area contributed by atoms with Crippen LogP contribution in [0.15, 0.2) is 78.1 Å². The van der Waals surface area contributed by atoms with Gasteiger partial charge in [0.1, 0.15) is 11.4 Å². The van der Waals surface area contributed by atoms with Crippen LogP contribution in [0.1, 0.15) is 48.4 Å². The third-order valence-corrected chi connectivity index (χ3v) is 8.20. The fraction of sp³-hybridized carbons (Fsp3) is 0.414. The summed E-state index contributed by atoms with van der Waals surface area (Å²) in [5.41, 5.74) is 4.78. The molecule has 2 aromatic carbocycles. The summed E-state index contributed by atoms with van der Waals surface area (Å²) in [6.07, 6.45) is 6.65. The average Bonchev–Trinajstić information content (AvgIpc) is 3.37. The molecule has 0 unspecified atom stereocenters. The summed E-state index contributed by atoms with van der Waals surface area (Å²) in [5.74, 6) is 1.10. The van der Waals surface area contributed by atoms with Gasteiger partial charge in [0, 0.05) is 26.2 Å². The number of thioether (sulfide) groups is 1. The van der Waals surface area contributed by atoms with Crippen molar-refractivity contribution in [2.75, 3.05) is 38.5 Å². The molecular formula is C29H36N6S. The molecule has 0 atom stereocenters. The van der Waals surface area contributed by atoms with E-state index in [4.69, 9.17) is 0 Å². The lowest BCUT2D eigenvalue weighted by molar-refractivity contribution is 0.108. The second kappa shape index (κ2) is 12.5. The average molecular weight is 501 g/mol. The van der Waals surface area contributed by atoms with Crippen LogP contribution in [0.4, 0.5) is 0 Å². The lowest BCUT2D eigenvalue weighted by Gasteiger charge is -2.39. The minimum atomic E-state index is 0.343. The molecule has 3 heterocycles. The summed E-state index contributed by atoms with van der Waals surface area (Å²) in [6.45, 7) is 7.86. The number of piperazine rings is 1. The molecule has 0 aliphatic carbocycles. The van der Waals surface area contributed by atoms with Crippen LogP contribution in [-0.4, -0.2) is 68.1 Å². The molecule has 5 rings (SSSR count). The Morgan fingerprint density at radius 1 is 0.833 bits per heavy atom. The van der Waals surface area contributed by atoms with Gasteiger partial charge in [0.15, 0.2) is 5.65 Å². The monoisotopic (exact) mass is 500 g/mol. The Hall–Kier alpha value is -2.74. The molecule has 0 saturated carbocycles. The molecule has 1 fully saturated rings. The Labute approximate surface area is 218 Å². The van der Waals surface area contributed by atoms with Crippen molar-refractivity contribution < 1.29 is 0 Å². The summed E-state index contributed by atoms with van der Waals surface area (Å²) in [4.78, 5) is 9.51. The molecule has 2 aromatic heterocycles. The maximum absolute atomic E-state index is 4.58. The fourth-order valence-corrected chi connectivity index (χ4v) is 6.03. The molecule has 6 nitrogen and oxygen atoms in total. The van der Waals surface area contributed by atoms with Crippen LogP contribution >= 0.6 is 11.8 Å². The Morgan fingerprint density at radius 2 is 1.50 bits per heavy atom. The van der Waals surface area contributed by atoms with E-state index in [-0.39, 0.29) is 0 Å². The number of fused-ring (bicyclic) bond motifs is 1. The Balaban J connectivity index is 1.02. The maximum atomic E-state index is 4.58. The predicted octanol–water partition coefficient (Wildman–Crippen LogP) is 5.49. The quantitative estimate of drug-likeness (QED) is 0.200. The van der Waals surface area contributed by atoms with Gasteiger partial charge in [0.05, 0.1) is 6.04 Å². The van der Waals surface area contributed by atoms with Gasteiger partial charge in [-0.15, -0.1) is 26.6 Å². The van der Waals surface area contributed by atoms with E-state index in [1.165, 1.54) is 48.9 Å². The zero-order valence-corrected chi connectivity index (χ0v) is 22.0. The van der Waals surface area contributed by atoms with Gasteiger partial charge in [-0.3, -0.25) is 4.90 Å². The molecule has 36 heavy (non-hydrogen) atoms. The number of rotatable bonds is 11. The molecule has 1 aliphatic rings. The zero-order valence-electron chi connectivity index (χ0n) is 21.2. The highest BCUT2D eigenvalue weighted by atomic mass is 32.2. The maximum Gasteiger partial charge on any atom is 0.176 e. The fourth-order valence-electron chi connectivity index (χ4n) is 5.07. The molecule has 0 spiro atoms. The molecule has 7 heteroatoms. The second-order valence-electron chi connectivity index (χ2n) is 9.60.